The van der Waals surface area contributed by atoms with Gasteiger partial charge in [0.1, 0.15) is 0 Å². The Bertz CT molecular complexity index is 996. The maximum absolute atomic E-state index is 12.9. The molecule has 0 aliphatic carbocycles. The molecular weight excluding hydrogens is 400 g/mol. The van der Waals surface area contributed by atoms with Crippen LogP contribution < -0.4 is 5.32 Å². The number of hydrogen-bond donors (Lipinski definition) is 1. The van der Waals surface area contributed by atoms with Crippen molar-refractivity contribution in [3.63, 3.8) is 0 Å². The Morgan fingerprint density at radius 1 is 1.20 bits per heavy atom. The highest BCUT2D eigenvalue weighted by molar-refractivity contribution is 7.91. The zero-order valence-electron chi connectivity index (χ0n) is 17.4. The molecule has 0 radical (unpaired) electrons. The van der Waals surface area contributed by atoms with Gasteiger partial charge in [0.15, 0.2) is 9.84 Å². The maximum atomic E-state index is 12.9. The average Bonchev–Trinajstić information content (AvgIpc) is 3.36. The van der Waals surface area contributed by atoms with Gasteiger partial charge in [0.2, 0.25) is 5.91 Å². The third-order valence-electron chi connectivity index (χ3n) is 6.20. The van der Waals surface area contributed by atoms with Crippen molar-refractivity contribution in [3.8, 4) is 0 Å². The largest absolute Gasteiger partial charge is 0.377 e. The molecule has 3 atom stereocenters. The number of fused-ring (bicyclic) bond motifs is 1. The fourth-order valence-electron chi connectivity index (χ4n) is 4.63. The molecule has 1 amide bonds. The lowest BCUT2D eigenvalue weighted by Gasteiger charge is -2.30. The maximum Gasteiger partial charge on any atom is 0.234 e. The summed E-state index contributed by atoms with van der Waals surface area (Å²) < 4.78 is 29.7. The molecule has 2 aromatic carbocycles. The van der Waals surface area contributed by atoms with Crippen molar-refractivity contribution in [2.45, 2.75) is 44.4 Å². The minimum absolute atomic E-state index is 0.0802. The van der Waals surface area contributed by atoms with Gasteiger partial charge in [0.05, 0.1) is 30.2 Å². The van der Waals surface area contributed by atoms with E-state index in [0.717, 1.165) is 35.8 Å². The number of hydrogen-bond acceptors (Lipinski definition) is 5. The number of carbonyl (C=O) groups excluding carboxylic acids is 1. The quantitative estimate of drug-likeness (QED) is 0.731. The van der Waals surface area contributed by atoms with E-state index in [1.54, 1.807) is 0 Å². The SMILES string of the molecule is CC(NC(=O)CN(CC1CCCO1)C1CCS(=O)(=O)C1)c1cccc2ccccc12. The summed E-state index contributed by atoms with van der Waals surface area (Å²) in [6, 6.07) is 14.0. The third-order valence-corrected chi connectivity index (χ3v) is 7.95. The van der Waals surface area contributed by atoms with Crippen LogP contribution in [0.5, 0.6) is 0 Å². The first kappa shape index (κ1) is 21.3. The Morgan fingerprint density at radius 3 is 2.73 bits per heavy atom. The van der Waals surface area contributed by atoms with Crippen LogP contribution in [0.15, 0.2) is 42.5 Å². The minimum Gasteiger partial charge on any atom is -0.377 e. The Balaban J connectivity index is 1.45. The summed E-state index contributed by atoms with van der Waals surface area (Å²) in [5.41, 5.74) is 1.08. The predicted molar refractivity (Wildman–Crippen MR) is 118 cm³/mol. The lowest BCUT2D eigenvalue weighted by Crippen LogP contribution is -2.47. The van der Waals surface area contributed by atoms with E-state index in [2.05, 4.69) is 23.5 Å². The van der Waals surface area contributed by atoms with E-state index in [4.69, 9.17) is 4.74 Å². The molecule has 0 saturated carbocycles. The molecule has 1 N–H and O–H groups in total. The molecule has 3 unspecified atom stereocenters. The molecule has 0 bridgehead atoms. The molecular formula is C23H30N2O4S. The summed E-state index contributed by atoms with van der Waals surface area (Å²) in [7, 11) is -3.01. The fraction of sp³-hybridized carbons (Fsp3) is 0.522. The number of nitrogens with one attached hydrogen (secondary N) is 1. The van der Waals surface area contributed by atoms with Gasteiger partial charge in [-0.25, -0.2) is 8.42 Å². The third kappa shape index (κ3) is 5.02. The monoisotopic (exact) mass is 430 g/mol. The lowest BCUT2D eigenvalue weighted by molar-refractivity contribution is -0.123. The summed E-state index contributed by atoms with van der Waals surface area (Å²) in [4.78, 5) is 14.9. The van der Waals surface area contributed by atoms with Crippen LogP contribution in [-0.2, 0) is 19.4 Å². The summed E-state index contributed by atoms with van der Waals surface area (Å²) in [6.07, 6.45) is 2.65. The fourth-order valence-corrected chi connectivity index (χ4v) is 6.39. The van der Waals surface area contributed by atoms with Gasteiger partial charge in [-0.15, -0.1) is 0 Å². The number of rotatable bonds is 7. The van der Waals surface area contributed by atoms with Gasteiger partial charge in [-0.1, -0.05) is 42.5 Å². The number of sulfone groups is 1. The highest BCUT2D eigenvalue weighted by atomic mass is 32.2. The number of benzene rings is 2. The molecule has 2 aliphatic rings. The lowest BCUT2D eigenvalue weighted by atomic mass is 9.99. The van der Waals surface area contributed by atoms with Crippen molar-refractivity contribution in [1.82, 2.24) is 10.2 Å². The number of nitrogens with zero attached hydrogens (tertiary/aromatic N) is 1. The number of amides is 1. The first-order valence-electron chi connectivity index (χ1n) is 10.7. The second-order valence-corrected chi connectivity index (χ2v) is 10.7. The van der Waals surface area contributed by atoms with Crippen LogP contribution >= 0.6 is 0 Å². The Kier molecular flexibility index (Phi) is 6.41. The van der Waals surface area contributed by atoms with Gasteiger partial charge in [0, 0.05) is 19.2 Å². The van der Waals surface area contributed by atoms with E-state index >= 15 is 0 Å². The van der Waals surface area contributed by atoms with Crippen molar-refractivity contribution < 1.29 is 17.9 Å². The van der Waals surface area contributed by atoms with E-state index in [9.17, 15) is 13.2 Å². The first-order chi connectivity index (χ1) is 14.4. The van der Waals surface area contributed by atoms with Crippen molar-refractivity contribution in [2.24, 2.45) is 0 Å². The predicted octanol–water partition coefficient (Wildman–Crippen LogP) is 2.69. The molecule has 2 saturated heterocycles. The number of ether oxygens (including phenoxy) is 1. The minimum atomic E-state index is -3.01. The molecule has 30 heavy (non-hydrogen) atoms. The van der Waals surface area contributed by atoms with Crippen molar-refractivity contribution in [3.05, 3.63) is 48.0 Å². The standard InChI is InChI=1S/C23H30N2O4S/c1-17(21-10-4-7-18-6-2-3-9-22(18)21)24-23(26)15-25(14-20-8-5-12-29-20)19-11-13-30(27,28)16-19/h2-4,6-7,9-10,17,19-20H,5,8,11-16H2,1H3,(H,24,26). The zero-order chi connectivity index (χ0) is 21.1. The van der Waals surface area contributed by atoms with Gasteiger partial charge in [-0.05, 0) is 42.5 Å². The topological polar surface area (TPSA) is 75.7 Å². The number of carbonyl (C=O) groups is 1. The van der Waals surface area contributed by atoms with E-state index in [1.807, 2.05) is 36.1 Å². The van der Waals surface area contributed by atoms with Gasteiger partial charge >= 0.3 is 0 Å². The molecule has 162 valence electrons. The second-order valence-electron chi connectivity index (χ2n) is 8.48. The molecule has 2 aromatic rings. The highest BCUT2D eigenvalue weighted by Gasteiger charge is 2.35. The van der Waals surface area contributed by atoms with E-state index in [0.29, 0.717) is 13.0 Å². The molecule has 2 aliphatic heterocycles. The first-order valence-corrected chi connectivity index (χ1v) is 12.6. The average molecular weight is 431 g/mol. The molecule has 7 heteroatoms. The normalized spacial score (nSPS) is 24.3. The van der Waals surface area contributed by atoms with Crippen LogP contribution in [0.25, 0.3) is 10.8 Å². The van der Waals surface area contributed by atoms with E-state index in [1.165, 1.54) is 0 Å². The van der Waals surface area contributed by atoms with Crippen LogP contribution in [0, 0.1) is 0 Å². The Morgan fingerprint density at radius 2 is 2.00 bits per heavy atom. The van der Waals surface area contributed by atoms with Crippen molar-refractivity contribution in [2.75, 3.05) is 31.2 Å². The Hall–Kier alpha value is -1.96. The van der Waals surface area contributed by atoms with Crippen LogP contribution in [-0.4, -0.2) is 62.6 Å². The van der Waals surface area contributed by atoms with E-state index < -0.39 is 9.84 Å². The van der Waals surface area contributed by atoms with Crippen molar-refractivity contribution >= 4 is 26.5 Å². The van der Waals surface area contributed by atoms with Crippen LogP contribution in [0.1, 0.15) is 37.8 Å². The smallest absolute Gasteiger partial charge is 0.234 e. The molecule has 0 aromatic heterocycles. The van der Waals surface area contributed by atoms with Crippen molar-refractivity contribution in [1.29, 1.82) is 0 Å². The van der Waals surface area contributed by atoms with Crippen LogP contribution in [0.3, 0.4) is 0 Å². The molecule has 4 rings (SSSR count). The van der Waals surface area contributed by atoms with Gasteiger partial charge in [-0.3, -0.25) is 9.69 Å². The Labute approximate surface area is 178 Å². The van der Waals surface area contributed by atoms with Crippen LogP contribution in [0.2, 0.25) is 0 Å². The summed E-state index contributed by atoms with van der Waals surface area (Å²) >= 11 is 0. The molecule has 6 nitrogen and oxygen atoms in total. The molecule has 2 fully saturated rings. The van der Waals surface area contributed by atoms with Gasteiger partial charge < -0.3 is 10.1 Å². The zero-order valence-corrected chi connectivity index (χ0v) is 18.2. The molecule has 0 spiro atoms. The summed E-state index contributed by atoms with van der Waals surface area (Å²) in [6.45, 7) is 3.53. The highest BCUT2D eigenvalue weighted by Crippen LogP contribution is 2.25. The second kappa shape index (κ2) is 9.04. The molecule has 2 heterocycles. The van der Waals surface area contributed by atoms with Gasteiger partial charge in [0.25, 0.3) is 0 Å². The van der Waals surface area contributed by atoms with E-state index in [-0.39, 0.29) is 42.1 Å². The summed E-state index contributed by atoms with van der Waals surface area (Å²) in [5.74, 6) is 0.247. The van der Waals surface area contributed by atoms with Crippen LogP contribution in [0.4, 0.5) is 0 Å². The van der Waals surface area contributed by atoms with Gasteiger partial charge in [-0.2, -0.15) is 0 Å². The summed E-state index contributed by atoms with van der Waals surface area (Å²) in [5, 5.41) is 5.39.